The van der Waals surface area contributed by atoms with Gasteiger partial charge in [0, 0.05) is 0 Å². The third-order valence-corrected chi connectivity index (χ3v) is 5.06. The number of hydrogen-bond acceptors (Lipinski definition) is 4. The number of hydrogen-bond donors (Lipinski definition) is 0. The third kappa shape index (κ3) is 11.6. The maximum atomic E-state index is 5.71. The Bertz CT molecular complexity index is 161. The maximum Gasteiger partial charge on any atom is 0.587 e. The van der Waals surface area contributed by atoms with Crippen molar-refractivity contribution < 1.29 is 17.2 Å². The average molecular weight is 427 g/mol. The van der Waals surface area contributed by atoms with Gasteiger partial charge in [0.1, 0.15) is 19.8 Å². The van der Waals surface area contributed by atoms with Gasteiger partial charge in [0.2, 0.25) is 0 Å². The summed E-state index contributed by atoms with van der Waals surface area (Å²) >= 11 is 3.00. The average Bonchev–Trinajstić information content (AvgIpc) is 2.39. The zero-order valence-electron chi connectivity index (χ0n) is 12.2. The van der Waals surface area contributed by atoms with Crippen LogP contribution in [-0.2, 0) is 17.2 Å². The minimum absolute atomic E-state index is 0. The summed E-state index contributed by atoms with van der Waals surface area (Å²) in [6.07, 6.45) is 6.16. The van der Waals surface area contributed by atoms with Gasteiger partial charge in [-0.05, 0) is 19.3 Å². The lowest BCUT2D eigenvalue weighted by molar-refractivity contribution is 0.0924. The van der Waals surface area contributed by atoms with Crippen molar-refractivity contribution in [1.82, 2.24) is 0 Å². The minimum atomic E-state index is -2.65. The van der Waals surface area contributed by atoms with E-state index in [0.29, 0.717) is 19.8 Å². The number of rotatable bonds is 13. The first-order chi connectivity index (χ1) is 8.74. The molecule has 0 aliphatic rings. The Kier molecular flexibility index (Phi) is 18.5. The molecule has 118 valence electrons. The van der Waals surface area contributed by atoms with E-state index in [-0.39, 0.29) is 17.0 Å². The molecule has 19 heavy (non-hydrogen) atoms. The van der Waals surface area contributed by atoms with Gasteiger partial charge < -0.3 is 0 Å². The fourth-order valence-electron chi connectivity index (χ4n) is 1.13. The second-order valence-corrected chi connectivity index (χ2v) is 6.75. The Labute approximate surface area is 137 Å². The molecule has 0 heterocycles. The molecule has 0 unspecified atom stereocenters. The van der Waals surface area contributed by atoms with Crippen molar-refractivity contribution in [2.24, 2.45) is 0 Å². The van der Waals surface area contributed by atoms with Gasteiger partial charge in [0.25, 0.3) is 0 Å². The molecule has 0 rings (SSSR count). The van der Waals surface area contributed by atoms with Crippen LogP contribution in [-0.4, -0.2) is 19.8 Å². The molecule has 0 aliphatic heterocycles. The van der Waals surface area contributed by atoms with Crippen LogP contribution in [0.1, 0.15) is 59.3 Å². The third-order valence-electron chi connectivity index (χ3n) is 2.33. The van der Waals surface area contributed by atoms with Crippen LogP contribution in [0.5, 0.6) is 0 Å². The largest absolute Gasteiger partial charge is 0.587 e. The van der Waals surface area contributed by atoms with E-state index in [1.807, 2.05) is 0 Å². The van der Waals surface area contributed by atoms with Crippen LogP contribution in [0.4, 0.5) is 0 Å². The molecule has 0 spiro atoms. The molecule has 0 aromatic heterocycles. The molecular formula is C12H28Br2O4P+. The van der Waals surface area contributed by atoms with Gasteiger partial charge >= 0.3 is 8.17 Å². The van der Waals surface area contributed by atoms with Gasteiger partial charge in [-0.15, -0.1) is 17.0 Å². The SMILES string of the molecule is Br.CCCCO[P+](OBr)(OCCCC)OCCCC. The first-order valence-corrected chi connectivity index (χ1v) is 8.98. The van der Waals surface area contributed by atoms with E-state index in [0.717, 1.165) is 38.5 Å². The molecule has 7 heteroatoms. The van der Waals surface area contributed by atoms with Gasteiger partial charge in [-0.1, -0.05) is 43.6 Å². The molecule has 0 aromatic carbocycles. The van der Waals surface area contributed by atoms with Gasteiger partial charge in [0.15, 0.2) is 16.3 Å². The zero-order valence-corrected chi connectivity index (χ0v) is 16.4. The molecule has 4 nitrogen and oxygen atoms in total. The van der Waals surface area contributed by atoms with Crippen molar-refractivity contribution in [2.75, 3.05) is 19.8 Å². The van der Waals surface area contributed by atoms with E-state index in [9.17, 15) is 0 Å². The molecule has 0 radical (unpaired) electrons. The number of unbranched alkanes of at least 4 members (excludes halogenated alkanes) is 3. The summed E-state index contributed by atoms with van der Waals surface area (Å²) in [5, 5.41) is 0. The highest BCUT2D eigenvalue weighted by Crippen LogP contribution is 2.65. The Balaban J connectivity index is 0. The Morgan fingerprint density at radius 1 is 0.737 bits per heavy atom. The van der Waals surface area contributed by atoms with E-state index < -0.39 is 8.17 Å². The van der Waals surface area contributed by atoms with E-state index in [4.69, 9.17) is 17.2 Å². The van der Waals surface area contributed by atoms with Gasteiger partial charge in [-0.3, -0.25) is 0 Å². The molecule has 0 aliphatic carbocycles. The Morgan fingerprint density at radius 2 is 1.05 bits per heavy atom. The Morgan fingerprint density at radius 3 is 1.26 bits per heavy atom. The molecule has 0 saturated carbocycles. The standard InChI is InChI=1S/C12H27BrO4P.BrH/c1-4-7-10-14-18(17-13,15-11-8-5-2)16-12-9-6-3;/h4-12H2,1-3H3;1H/q+1;. The lowest BCUT2D eigenvalue weighted by Crippen LogP contribution is -2.10. The summed E-state index contributed by atoms with van der Waals surface area (Å²) in [6.45, 7) is 8.17. The minimum Gasteiger partial charge on any atom is -0.153 e. The molecule has 0 bridgehead atoms. The lowest BCUT2D eigenvalue weighted by Gasteiger charge is -2.16. The predicted molar refractivity (Wildman–Crippen MR) is 89.8 cm³/mol. The highest BCUT2D eigenvalue weighted by Gasteiger charge is 2.49. The fraction of sp³-hybridized carbons (Fsp3) is 1.00. The van der Waals surface area contributed by atoms with Crippen molar-refractivity contribution in [2.45, 2.75) is 59.3 Å². The molecular weight excluding hydrogens is 399 g/mol. The summed E-state index contributed by atoms with van der Waals surface area (Å²) in [5.74, 6) is 0. The first-order valence-electron chi connectivity index (χ1n) is 6.87. The summed E-state index contributed by atoms with van der Waals surface area (Å²) in [4.78, 5) is 0. The zero-order chi connectivity index (χ0) is 13.7. The molecule has 0 saturated heterocycles. The van der Waals surface area contributed by atoms with Crippen molar-refractivity contribution in [3.05, 3.63) is 0 Å². The quantitative estimate of drug-likeness (QED) is 0.266. The molecule has 0 aromatic rings. The van der Waals surface area contributed by atoms with E-state index in [1.54, 1.807) is 0 Å². The molecule has 0 fully saturated rings. The maximum absolute atomic E-state index is 5.71. The van der Waals surface area contributed by atoms with Crippen molar-refractivity contribution in [3.8, 4) is 0 Å². The highest BCUT2D eigenvalue weighted by atomic mass is 79.9. The van der Waals surface area contributed by atoms with Crippen molar-refractivity contribution in [3.63, 3.8) is 0 Å². The van der Waals surface area contributed by atoms with Crippen molar-refractivity contribution in [1.29, 1.82) is 0 Å². The van der Waals surface area contributed by atoms with E-state index in [1.165, 1.54) is 0 Å². The molecule has 0 atom stereocenters. The highest BCUT2D eigenvalue weighted by molar-refractivity contribution is 9.06. The van der Waals surface area contributed by atoms with Gasteiger partial charge in [-0.2, -0.15) is 13.6 Å². The topological polar surface area (TPSA) is 36.9 Å². The predicted octanol–water partition coefficient (Wildman–Crippen LogP) is 6.02. The van der Waals surface area contributed by atoms with Crippen LogP contribution in [0.3, 0.4) is 0 Å². The smallest absolute Gasteiger partial charge is 0.153 e. The summed E-state index contributed by atoms with van der Waals surface area (Å²) in [6, 6.07) is 0. The summed E-state index contributed by atoms with van der Waals surface area (Å²) < 4.78 is 22.4. The van der Waals surface area contributed by atoms with Crippen LogP contribution in [0.2, 0.25) is 0 Å². The van der Waals surface area contributed by atoms with Crippen LogP contribution in [0.25, 0.3) is 0 Å². The second-order valence-electron chi connectivity index (χ2n) is 4.08. The fourth-order valence-corrected chi connectivity index (χ4v) is 3.29. The summed E-state index contributed by atoms with van der Waals surface area (Å²) in [7, 11) is -2.65. The van der Waals surface area contributed by atoms with Crippen LogP contribution in [0, 0.1) is 0 Å². The summed E-state index contributed by atoms with van der Waals surface area (Å²) in [5.41, 5.74) is 0. The van der Waals surface area contributed by atoms with Gasteiger partial charge in [0.05, 0.1) is 0 Å². The Hall–Kier alpha value is 1.23. The van der Waals surface area contributed by atoms with Gasteiger partial charge in [-0.25, -0.2) is 0 Å². The van der Waals surface area contributed by atoms with Crippen LogP contribution in [0.15, 0.2) is 0 Å². The lowest BCUT2D eigenvalue weighted by atomic mass is 10.4. The first kappa shape index (κ1) is 22.5. The van der Waals surface area contributed by atoms with Crippen molar-refractivity contribution >= 4 is 41.4 Å². The van der Waals surface area contributed by atoms with E-state index in [2.05, 4.69) is 37.0 Å². The van der Waals surface area contributed by atoms with E-state index >= 15 is 0 Å². The number of halogens is 2. The van der Waals surface area contributed by atoms with Crippen LogP contribution >= 0.6 is 41.4 Å². The normalized spacial score (nSPS) is 11.4. The van der Waals surface area contributed by atoms with Crippen LogP contribution < -0.4 is 0 Å². The monoisotopic (exact) mass is 425 g/mol. The molecule has 0 amide bonds. The molecule has 0 N–H and O–H groups in total. The second kappa shape index (κ2) is 15.6.